The molecule has 2 atom stereocenters. The maximum absolute atomic E-state index is 13.1. The van der Waals surface area contributed by atoms with Gasteiger partial charge in [-0.15, -0.1) is 0 Å². The summed E-state index contributed by atoms with van der Waals surface area (Å²) in [6, 6.07) is 16.1. The average Bonchev–Trinajstić information content (AvgIpc) is 3.73. The zero-order valence-corrected chi connectivity index (χ0v) is 22.7. The van der Waals surface area contributed by atoms with Crippen LogP contribution < -0.4 is 20.7 Å². The van der Waals surface area contributed by atoms with E-state index >= 15 is 0 Å². The fourth-order valence-electron chi connectivity index (χ4n) is 6.31. The van der Waals surface area contributed by atoms with Gasteiger partial charge >= 0.3 is 0 Å². The predicted octanol–water partition coefficient (Wildman–Crippen LogP) is 6.09. The van der Waals surface area contributed by atoms with E-state index in [9.17, 15) is 4.79 Å². The molecule has 2 aromatic heterocycles. The van der Waals surface area contributed by atoms with Gasteiger partial charge in [-0.05, 0) is 80.8 Å². The van der Waals surface area contributed by atoms with Gasteiger partial charge in [-0.2, -0.15) is 0 Å². The number of benzene rings is 2. The number of amides is 1. The second-order valence-electron chi connectivity index (χ2n) is 11.5. The van der Waals surface area contributed by atoms with Gasteiger partial charge in [0, 0.05) is 47.4 Å². The van der Waals surface area contributed by atoms with Gasteiger partial charge in [0.1, 0.15) is 5.75 Å². The third kappa shape index (κ3) is 4.66. The molecule has 3 N–H and O–H groups in total. The lowest BCUT2D eigenvalue weighted by Crippen LogP contribution is -2.38. The molecule has 7 rings (SSSR count). The minimum atomic E-state index is 0.138. The molecule has 3 aliphatic rings. The number of hydrogen-bond acceptors (Lipinski definition) is 7. The molecule has 40 heavy (non-hydrogen) atoms. The van der Waals surface area contributed by atoms with E-state index in [0.29, 0.717) is 23.3 Å². The molecule has 2 saturated carbocycles. The van der Waals surface area contributed by atoms with Gasteiger partial charge in [0.05, 0.1) is 11.3 Å². The SMILES string of the molecule is Cc1ccc2c(NC(=O)[C@@H]3CC34CCC4)cccc2c1Oc1ncccc1-c1ccnc(NC2CCCNC2)n1. The van der Waals surface area contributed by atoms with Crippen LogP contribution in [-0.4, -0.2) is 40.0 Å². The topological polar surface area (TPSA) is 101 Å². The number of carbonyl (C=O) groups excluding carboxylic acids is 1. The summed E-state index contributed by atoms with van der Waals surface area (Å²) in [5.74, 6) is 2.08. The molecule has 8 heteroatoms. The van der Waals surface area contributed by atoms with Crippen molar-refractivity contribution in [2.24, 2.45) is 11.3 Å². The average molecular weight is 535 g/mol. The molecule has 1 amide bonds. The number of aromatic nitrogens is 3. The number of piperidine rings is 1. The van der Waals surface area contributed by atoms with E-state index in [-0.39, 0.29) is 11.8 Å². The van der Waals surface area contributed by atoms with Crippen LogP contribution in [0.2, 0.25) is 0 Å². The number of aryl methyl sites for hydroxylation is 1. The molecule has 3 heterocycles. The molecule has 4 aromatic rings. The Morgan fingerprint density at radius 3 is 2.75 bits per heavy atom. The summed E-state index contributed by atoms with van der Waals surface area (Å²) in [5, 5.41) is 12.0. The van der Waals surface area contributed by atoms with E-state index < -0.39 is 0 Å². The molecule has 8 nitrogen and oxygen atoms in total. The summed E-state index contributed by atoms with van der Waals surface area (Å²) in [4.78, 5) is 26.9. The van der Waals surface area contributed by atoms with Gasteiger partial charge < -0.3 is 20.7 Å². The summed E-state index contributed by atoms with van der Waals surface area (Å²) in [7, 11) is 0. The normalized spacial score (nSPS) is 21.0. The monoisotopic (exact) mass is 534 g/mol. The summed E-state index contributed by atoms with van der Waals surface area (Å²) < 4.78 is 6.56. The number of nitrogens with zero attached hydrogens (tertiary/aromatic N) is 3. The van der Waals surface area contributed by atoms with Crippen molar-refractivity contribution >= 4 is 28.3 Å². The zero-order valence-electron chi connectivity index (χ0n) is 22.7. The number of fused-ring (bicyclic) bond motifs is 1. The molecule has 1 spiro atoms. The predicted molar refractivity (Wildman–Crippen MR) is 157 cm³/mol. The highest BCUT2D eigenvalue weighted by Gasteiger charge is 2.60. The first-order valence-corrected chi connectivity index (χ1v) is 14.4. The highest BCUT2D eigenvalue weighted by atomic mass is 16.5. The van der Waals surface area contributed by atoms with E-state index in [0.717, 1.165) is 71.4 Å². The van der Waals surface area contributed by atoms with Crippen molar-refractivity contribution in [2.75, 3.05) is 23.7 Å². The van der Waals surface area contributed by atoms with Crippen molar-refractivity contribution in [1.82, 2.24) is 20.3 Å². The van der Waals surface area contributed by atoms with Crippen molar-refractivity contribution in [1.29, 1.82) is 0 Å². The highest BCUT2D eigenvalue weighted by molar-refractivity contribution is 6.06. The molecule has 1 saturated heterocycles. The van der Waals surface area contributed by atoms with Crippen LogP contribution in [0.4, 0.5) is 11.6 Å². The lowest BCUT2D eigenvalue weighted by Gasteiger charge is -2.26. The van der Waals surface area contributed by atoms with Crippen LogP contribution in [0.3, 0.4) is 0 Å². The molecule has 2 aromatic carbocycles. The lowest BCUT2D eigenvalue weighted by atomic mass is 9.79. The number of rotatable bonds is 7. The third-order valence-corrected chi connectivity index (χ3v) is 8.85. The summed E-state index contributed by atoms with van der Waals surface area (Å²) >= 11 is 0. The third-order valence-electron chi connectivity index (χ3n) is 8.85. The lowest BCUT2D eigenvalue weighted by molar-refractivity contribution is -0.118. The van der Waals surface area contributed by atoms with Crippen LogP contribution in [-0.2, 0) is 4.79 Å². The van der Waals surface area contributed by atoms with Gasteiger partial charge in [-0.25, -0.2) is 15.0 Å². The molecule has 1 unspecified atom stereocenters. The summed E-state index contributed by atoms with van der Waals surface area (Å²) in [6.07, 6.45) is 10.4. The van der Waals surface area contributed by atoms with Crippen LogP contribution in [0, 0.1) is 18.3 Å². The fraction of sp³-hybridized carbons (Fsp3) is 0.375. The maximum atomic E-state index is 13.1. The van der Waals surface area contributed by atoms with Crippen molar-refractivity contribution < 1.29 is 9.53 Å². The Bertz CT molecular complexity index is 1580. The molecular formula is C32H34N6O2. The second-order valence-corrected chi connectivity index (χ2v) is 11.5. The van der Waals surface area contributed by atoms with Gasteiger partial charge in [0.15, 0.2) is 0 Å². The van der Waals surface area contributed by atoms with Gasteiger partial charge in [-0.1, -0.05) is 30.7 Å². The van der Waals surface area contributed by atoms with Gasteiger partial charge in [0.2, 0.25) is 17.7 Å². The van der Waals surface area contributed by atoms with Crippen LogP contribution >= 0.6 is 0 Å². The second kappa shape index (κ2) is 10.2. The molecule has 1 aliphatic heterocycles. The Labute approximate surface area is 234 Å². The van der Waals surface area contributed by atoms with Crippen LogP contribution in [0.5, 0.6) is 11.6 Å². The minimum absolute atomic E-state index is 0.138. The summed E-state index contributed by atoms with van der Waals surface area (Å²) in [5.41, 5.74) is 3.62. The minimum Gasteiger partial charge on any atom is -0.437 e. The molecule has 0 radical (unpaired) electrons. The largest absolute Gasteiger partial charge is 0.437 e. The van der Waals surface area contributed by atoms with Crippen molar-refractivity contribution in [3.05, 3.63) is 66.5 Å². The van der Waals surface area contributed by atoms with E-state index in [4.69, 9.17) is 9.72 Å². The van der Waals surface area contributed by atoms with Crippen molar-refractivity contribution in [3.8, 4) is 22.9 Å². The number of nitrogens with one attached hydrogen (secondary N) is 3. The molecule has 2 aliphatic carbocycles. The van der Waals surface area contributed by atoms with E-state index in [1.54, 1.807) is 12.4 Å². The molecule has 204 valence electrons. The van der Waals surface area contributed by atoms with E-state index in [2.05, 4.69) is 32.0 Å². The Morgan fingerprint density at radius 2 is 1.95 bits per heavy atom. The number of carbonyl (C=O) groups is 1. The van der Waals surface area contributed by atoms with Crippen LogP contribution in [0.15, 0.2) is 60.9 Å². The van der Waals surface area contributed by atoms with Gasteiger partial charge in [-0.3, -0.25) is 4.79 Å². The molecule has 3 fully saturated rings. The van der Waals surface area contributed by atoms with Crippen LogP contribution in [0.25, 0.3) is 22.0 Å². The number of anilines is 2. The van der Waals surface area contributed by atoms with Crippen LogP contribution in [0.1, 0.15) is 44.1 Å². The Kier molecular flexibility index (Phi) is 6.35. The van der Waals surface area contributed by atoms with E-state index in [1.165, 1.54) is 19.3 Å². The number of ether oxygens (including phenoxy) is 1. The maximum Gasteiger partial charge on any atom is 0.228 e. The number of pyridine rings is 1. The molecular weight excluding hydrogens is 500 g/mol. The summed E-state index contributed by atoms with van der Waals surface area (Å²) in [6.45, 7) is 3.98. The standard InChI is InChI=1S/C32H34N6O2/c1-20-10-11-22-23(7-2-9-26(22)37-29(39)25-18-32(25)13-5-14-32)28(20)40-30-24(8-4-16-34-30)27-12-17-35-31(38-27)36-21-6-3-15-33-19-21/h2,4,7-12,16-17,21,25,33H,3,5-6,13-15,18-19H2,1H3,(H,37,39)(H,35,36,38)/t21?,25-/m0/s1. The Balaban J connectivity index is 1.17. The Hall–Kier alpha value is -4.04. The first-order chi connectivity index (χ1) is 19.6. The number of hydrogen-bond donors (Lipinski definition) is 3. The Morgan fingerprint density at radius 1 is 1.02 bits per heavy atom. The van der Waals surface area contributed by atoms with Crippen molar-refractivity contribution in [2.45, 2.75) is 51.5 Å². The first-order valence-electron chi connectivity index (χ1n) is 14.4. The van der Waals surface area contributed by atoms with E-state index in [1.807, 2.05) is 49.4 Å². The quantitative estimate of drug-likeness (QED) is 0.264. The van der Waals surface area contributed by atoms with Gasteiger partial charge in [0.25, 0.3) is 0 Å². The fourth-order valence-corrected chi connectivity index (χ4v) is 6.31. The molecule has 0 bridgehead atoms. The highest BCUT2D eigenvalue weighted by Crippen LogP contribution is 2.65. The smallest absolute Gasteiger partial charge is 0.228 e. The first kappa shape index (κ1) is 25.0. The zero-order chi connectivity index (χ0) is 27.1. The van der Waals surface area contributed by atoms with Crippen molar-refractivity contribution in [3.63, 3.8) is 0 Å².